The van der Waals surface area contributed by atoms with E-state index in [1.165, 1.54) is 12.1 Å². The summed E-state index contributed by atoms with van der Waals surface area (Å²) in [6, 6.07) is 13.2. The number of hydrogen-bond acceptors (Lipinski definition) is 4. The molecule has 0 saturated heterocycles. The van der Waals surface area contributed by atoms with Crippen LogP contribution in [0.1, 0.15) is 47.1 Å². The van der Waals surface area contributed by atoms with Crippen LogP contribution >= 0.6 is 0 Å². The van der Waals surface area contributed by atoms with Crippen LogP contribution in [-0.4, -0.2) is 22.6 Å². The first-order valence-electron chi connectivity index (χ1n) is 7.53. The van der Waals surface area contributed by atoms with Crippen LogP contribution in [0, 0.1) is 0 Å². The van der Waals surface area contributed by atoms with E-state index in [0.717, 1.165) is 5.56 Å². The fourth-order valence-corrected chi connectivity index (χ4v) is 1.93. The molecule has 5 heteroatoms. The van der Waals surface area contributed by atoms with E-state index < -0.39 is 11.6 Å². The van der Waals surface area contributed by atoms with E-state index in [9.17, 15) is 9.59 Å². The minimum absolute atomic E-state index is 0.212. The van der Waals surface area contributed by atoms with Gasteiger partial charge in [0.05, 0.1) is 11.1 Å². The van der Waals surface area contributed by atoms with Gasteiger partial charge in [0.2, 0.25) is 0 Å². The number of rotatable bonds is 5. The standard InChI is InChI=1S/C19H20O5/c1-19(2,3)24-18(22)15-6-4-13(5-7-15)12-23-16-10-8-14(9-11-16)17(20)21/h4-11H,12H2,1-3H3,(H,20,21). The average Bonchev–Trinajstić information content (AvgIpc) is 2.52. The smallest absolute Gasteiger partial charge is 0.338 e. The van der Waals surface area contributed by atoms with E-state index in [1.54, 1.807) is 36.4 Å². The Morgan fingerprint density at radius 2 is 1.46 bits per heavy atom. The highest BCUT2D eigenvalue weighted by atomic mass is 16.6. The van der Waals surface area contributed by atoms with Crippen LogP contribution in [0.4, 0.5) is 0 Å². The number of carbonyl (C=O) groups excluding carboxylic acids is 1. The molecular weight excluding hydrogens is 308 g/mol. The van der Waals surface area contributed by atoms with Gasteiger partial charge >= 0.3 is 11.9 Å². The van der Waals surface area contributed by atoms with Gasteiger partial charge in [-0.15, -0.1) is 0 Å². The summed E-state index contributed by atoms with van der Waals surface area (Å²) in [5, 5.41) is 8.85. The van der Waals surface area contributed by atoms with Gasteiger partial charge in [-0.2, -0.15) is 0 Å². The van der Waals surface area contributed by atoms with Crippen molar-refractivity contribution in [2.24, 2.45) is 0 Å². The Balaban J connectivity index is 1.94. The number of carboxylic acids is 1. The van der Waals surface area contributed by atoms with Gasteiger partial charge in [0.15, 0.2) is 0 Å². The van der Waals surface area contributed by atoms with Gasteiger partial charge in [-0.25, -0.2) is 9.59 Å². The van der Waals surface area contributed by atoms with Crippen molar-refractivity contribution >= 4 is 11.9 Å². The molecule has 24 heavy (non-hydrogen) atoms. The molecular formula is C19H20O5. The number of benzene rings is 2. The molecule has 0 saturated carbocycles. The summed E-state index contributed by atoms with van der Waals surface area (Å²) >= 11 is 0. The molecule has 126 valence electrons. The third-order valence-electron chi connectivity index (χ3n) is 3.10. The molecule has 2 rings (SSSR count). The van der Waals surface area contributed by atoms with Gasteiger partial charge in [0, 0.05) is 0 Å². The van der Waals surface area contributed by atoms with Crippen LogP contribution in [0.3, 0.4) is 0 Å². The van der Waals surface area contributed by atoms with Gasteiger partial charge < -0.3 is 14.6 Å². The molecule has 0 amide bonds. The fourth-order valence-electron chi connectivity index (χ4n) is 1.93. The van der Waals surface area contributed by atoms with E-state index in [4.69, 9.17) is 14.6 Å². The van der Waals surface area contributed by atoms with Crippen molar-refractivity contribution in [3.63, 3.8) is 0 Å². The third-order valence-corrected chi connectivity index (χ3v) is 3.10. The van der Waals surface area contributed by atoms with Gasteiger partial charge in [-0.1, -0.05) is 12.1 Å². The maximum atomic E-state index is 11.9. The lowest BCUT2D eigenvalue weighted by Crippen LogP contribution is -2.23. The quantitative estimate of drug-likeness (QED) is 0.842. The Morgan fingerprint density at radius 3 is 1.96 bits per heavy atom. The van der Waals surface area contributed by atoms with Crippen molar-refractivity contribution in [2.75, 3.05) is 0 Å². The summed E-state index contributed by atoms with van der Waals surface area (Å²) in [6.07, 6.45) is 0. The Bertz CT molecular complexity index is 709. The predicted octanol–water partition coefficient (Wildman–Crippen LogP) is 3.92. The van der Waals surface area contributed by atoms with Gasteiger partial charge in [0.25, 0.3) is 0 Å². The van der Waals surface area contributed by atoms with Crippen molar-refractivity contribution in [1.82, 2.24) is 0 Å². The molecule has 0 unspecified atom stereocenters. The molecule has 2 aromatic carbocycles. The van der Waals surface area contributed by atoms with Gasteiger partial charge in [-0.05, 0) is 62.7 Å². The fraction of sp³-hybridized carbons (Fsp3) is 0.263. The molecule has 0 bridgehead atoms. The molecule has 0 aliphatic carbocycles. The highest BCUT2D eigenvalue weighted by Gasteiger charge is 2.17. The maximum absolute atomic E-state index is 11.9. The predicted molar refractivity (Wildman–Crippen MR) is 89.3 cm³/mol. The Kier molecular flexibility index (Phi) is 5.24. The lowest BCUT2D eigenvalue weighted by molar-refractivity contribution is 0.00693. The molecule has 0 atom stereocenters. The lowest BCUT2D eigenvalue weighted by atomic mass is 10.1. The Hall–Kier alpha value is -2.82. The zero-order valence-electron chi connectivity index (χ0n) is 13.9. The van der Waals surface area contributed by atoms with Crippen LogP contribution in [0.5, 0.6) is 5.75 Å². The molecule has 0 fully saturated rings. The number of carbonyl (C=O) groups is 2. The number of carboxylic acid groups (broad SMARTS) is 1. The van der Waals surface area contributed by atoms with Gasteiger partial charge in [-0.3, -0.25) is 0 Å². The molecule has 0 heterocycles. The first-order valence-corrected chi connectivity index (χ1v) is 7.53. The molecule has 5 nitrogen and oxygen atoms in total. The van der Waals surface area contributed by atoms with E-state index in [0.29, 0.717) is 17.9 Å². The zero-order chi connectivity index (χ0) is 17.7. The zero-order valence-corrected chi connectivity index (χ0v) is 13.9. The molecule has 2 aromatic rings. The van der Waals surface area contributed by atoms with Crippen molar-refractivity contribution in [2.45, 2.75) is 33.0 Å². The molecule has 0 aromatic heterocycles. The minimum atomic E-state index is -0.973. The first kappa shape index (κ1) is 17.5. The summed E-state index contributed by atoms with van der Waals surface area (Å²) in [4.78, 5) is 22.7. The van der Waals surface area contributed by atoms with Crippen LogP contribution in [0.2, 0.25) is 0 Å². The maximum Gasteiger partial charge on any atom is 0.338 e. The van der Waals surface area contributed by atoms with Crippen LogP contribution < -0.4 is 4.74 Å². The summed E-state index contributed by atoms with van der Waals surface area (Å²) in [5.41, 5.74) is 1.06. The van der Waals surface area contributed by atoms with E-state index in [2.05, 4.69) is 0 Å². The number of ether oxygens (including phenoxy) is 2. The first-order chi connectivity index (χ1) is 11.2. The molecule has 0 radical (unpaired) electrons. The van der Waals surface area contributed by atoms with Crippen molar-refractivity contribution in [1.29, 1.82) is 0 Å². The number of esters is 1. The number of hydrogen-bond donors (Lipinski definition) is 1. The minimum Gasteiger partial charge on any atom is -0.489 e. The summed E-state index contributed by atoms with van der Waals surface area (Å²) in [7, 11) is 0. The van der Waals surface area contributed by atoms with Gasteiger partial charge in [0.1, 0.15) is 18.0 Å². The van der Waals surface area contributed by atoms with Crippen LogP contribution in [0.15, 0.2) is 48.5 Å². The molecule has 1 N–H and O–H groups in total. The van der Waals surface area contributed by atoms with E-state index >= 15 is 0 Å². The highest BCUT2D eigenvalue weighted by Crippen LogP contribution is 2.16. The average molecular weight is 328 g/mol. The Labute approximate surface area is 140 Å². The van der Waals surface area contributed by atoms with E-state index in [-0.39, 0.29) is 11.5 Å². The van der Waals surface area contributed by atoms with Crippen molar-refractivity contribution in [3.8, 4) is 5.75 Å². The second kappa shape index (κ2) is 7.17. The third kappa shape index (κ3) is 5.12. The Morgan fingerprint density at radius 1 is 0.917 bits per heavy atom. The summed E-state index contributed by atoms with van der Waals surface area (Å²) < 4.78 is 10.9. The molecule has 0 aliphatic rings. The summed E-state index contributed by atoms with van der Waals surface area (Å²) in [5.74, 6) is -0.755. The summed E-state index contributed by atoms with van der Waals surface area (Å²) in [6.45, 7) is 5.79. The number of aromatic carboxylic acids is 1. The van der Waals surface area contributed by atoms with Crippen molar-refractivity contribution in [3.05, 3.63) is 65.2 Å². The SMILES string of the molecule is CC(C)(C)OC(=O)c1ccc(COc2ccc(C(=O)O)cc2)cc1. The molecule has 0 aliphatic heterocycles. The topological polar surface area (TPSA) is 72.8 Å². The second-order valence-electron chi connectivity index (χ2n) is 6.32. The monoisotopic (exact) mass is 328 g/mol. The second-order valence-corrected chi connectivity index (χ2v) is 6.32. The molecule has 0 spiro atoms. The van der Waals surface area contributed by atoms with Crippen molar-refractivity contribution < 1.29 is 24.2 Å². The van der Waals surface area contributed by atoms with Crippen LogP contribution in [0.25, 0.3) is 0 Å². The lowest BCUT2D eigenvalue weighted by Gasteiger charge is -2.19. The highest BCUT2D eigenvalue weighted by molar-refractivity contribution is 5.89. The van der Waals surface area contributed by atoms with E-state index in [1.807, 2.05) is 20.8 Å². The largest absolute Gasteiger partial charge is 0.489 e. The normalized spacial score (nSPS) is 11.0. The van der Waals surface area contributed by atoms with Crippen LogP contribution in [-0.2, 0) is 11.3 Å².